The van der Waals surface area contributed by atoms with Crippen molar-refractivity contribution < 1.29 is 13.9 Å². The first-order chi connectivity index (χ1) is 12.5. The summed E-state index contributed by atoms with van der Waals surface area (Å²) in [4.78, 5) is 12.9. The summed E-state index contributed by atoms with van der Waals surface area (Å²) in [7, 11) is 0. The Morgan fingerprint density at radius 2 is 2.00 bits per heavy atom. The van der Waals surface area contributed by atoms with Crippen molar-refractivity contribution in [2.75, 3.05) is 11.9 Å². The van der Waals surface area contributed by atoms with Gasteiger partial charge in [-0.1, -0.05) is 31.0 Å². The van der Waals surface area contributed by atoms with E-state index in [1.165, 1.54) is 0 Å². The second-order valence-electron chi connectivity index (χ2n) is 6.31. The van der Waals surface area contributed by atoms with Crippen LogP contribution >= 0.6 is 11.6 Å². The zero-order chi connectivity index (χ0) is 18.7. The lowest BCUT2D eigenvalue weighted by Gasteiger charge is -2.09. The van der Waals surface area contributed by atoms with E-state index < -0.39 is 0 Å². The minimum Gasteiger partial charge on any atom is -0.494 e. The van der Waals surface area contributed by atoms with Crippen LogP contribution in [-0.2, 0) is 0 Å². The van der Waals surface area contributed by atoms with Gasteiger partial charge >= 0.3 is 0 Å². The van der Waals surface area contributed by atoms with Crippen molar-refractivity contribution in [2.45, 2.75) is 33.6 Å². The third-order valence-electron chi connectivity index (χ3n) is 4.28. The SMILES string of the molecule is CCCCOc1ccc2oc(C)c(C(=O)Nc3cc(Cl)ccc3C)c2c1. The Bertz CT molecular complexity index is 946. The molecule has 0 aliphatic rings. The molecule has 3 aromatic rings. The van der Waals surface area contributed by atoms with E-state index in [4.69, 9.17) is 20.8 Å². The number of hydrogen-bond acceptors (Lipinski definition) is 3. The Morgan fingerprint density at radius 3 is 2.77 bits per heavy atom. The van der Waals surface area contributed by atoms with Gasteiger partial charge in [-0.2, -0.15) is 0 Å². The number of fused-ring (bicyclic) bond motifs is 1. The van der Waals surface area contributed by atoms with Crippen molar-refractivity contribution in [2.24, 2.45) is 0 Å². The first-order valence-corrected chi connectivity index (χ1v) is 9.11. The Labute approximate surface area is 158 Å². The number of nitrogens with one attached hydrogen (secondary N) is 1. The summed E-state index contributed by atoms with van der Waals surface area (Å²) in [6.07, 6.45) is 2.06. The molecule has 1 amide bonds. The maximum atomic E-state index is 12.9. The monoisotopic (exact) mass is 371 g/mol. The van der Waals surface area contributed by atoms with Crippen molar-refractivity contribution >= 4 is 34.2 Å². The van der Waals surface area contributed by atoms with Crippen molar-refractivity contribution in [3.63, 3.8) is 0 Å². The molecular weight excluding hydrogens is 350 g/mol. The van der Waals surface area contributed by atoms with Crippen molar-refractivity contribution in [1.29, 1.82) is 0 Å². The number of hydrogen-bond donors (Lipinski definition) is 1. The van der Waals surface area contributed by atoms with Crippen LogP contribution in [0.2, 0.25) is 5.02 Å². The minimum absolute atomic E-state index is 0.225. The van der Waals surface area contributed by atoms with Crippen LogP contribution in [0.5, 0.6) is 5.75 Å². The van der Waals surface area contributed by atoms with Gasteiger partial charge in [-0.25, -0.2) is 0 Å². The first kappa shape index (κ1) is 18.3. The predicted molar refractivity (Wildman–Crippen MR) is 105 cm³/mol. The summed E-state index contributed by atoms with van der Waals surface area (Å²) < 4.78 is 11.5. The van der Waals surface area contributed by atoms with Crippen LogP contribution in [0.15, 0.2) is 40.8 Å². The Hall–Kier alpha value is -2.46. The number of halogens is 1. The molecule has 3 rings (SSSR count). The molecule has 0 radical (unpaired) electrons. The Balaban J connectivity index is 1.92. The molecule has 0 spiro atoms. The Kier molecular flexibility index (Phi) is 5.52. The minimum atomic E-state index is -0.225. The fourth-order valence-corrected chi connectivity index (χ4v) is 2.99. The second-order valence-corrected chi connectivity index (χ2v) is 6.74. The summed E-state index contributed by atoms with van der Waals surface area (Å²) >= 11 is 6.05. The summed E-state index contributed by atoms with van der Waals surface area (Å²) in [6, 6.07) is 11.0. The number of aryl methyl sites for hydroxylation is 2. The maximum absolute atomic E-state index is 12.9. The lowest BCUT2D eigenvalue weighted by molar-refractivity contribution is 0.102. The first-order valence-electron chi connectivity index (χ1n) is 8.73. The smallest absolute Gasteiger partial charge is 0.259 e. The Morgan fingerprint density at radius 1 is 1.19 bits per heavy atom. The number of ether oxygens (including phenoxy) is 1. The van der Waals surface area contributed by atoms with E-state index in [2.05, 4.69) is 12.2 Å². The summed E-state index contributed by atoms with van der Waals surface area (Å²) in [6.45, 7) is 6.48. The molecule has 0 aliphatic heterocycles. The molecule has 0 saturated carbocycles. The average Bonchev–Trinajstić information content (AvgIpc) is 2.93. The molecule has 0 bridgehead atoms. The topological polar surface area (TPSA) is 51.5 Å². The zero-order valence-corrected chi connectivity index (χ0v) is 15.9. The van der Waals surface area contributed by atoms with Gasteiger partial charge < -0.3 is 14.5 Å². The maximum Gasteiger partial charge on any atom is 0.259 e. The van der Waals surface area contributed by atoms with Gasteiger partial charge in [-0.05, 0) is 56.2 Å². The van der Waals surface area contributed by atoms with Crippen LogP contribution < -0.4 is 10.1 Å². The predicted octanol–water partition coefficient (Wildman–Crippen LogP) is 6.13. The molecule has 0 saturated heterocycles. The summed E-state index contributed by atoms with van der Waals surface area (Å²) in [5.41, 5.74) is 2.81. The van der Waals surface area contributed by atoms with E-state index >= 15 is 0 Å². The third kappa shape index (κ3) is 3.86. The number of unbranched alkanes of at least 4 members (excludes halogenated alkanes) is 1. The molecule has 136 valence electrons. The van der Waals surface area contributed by atoms with Gasteiger partial charge in [0.15, 0.2) is 0 Å². The van der Waals surface area contributed by atoms with E-state index in [1.54, 1.807) is 19.1 Å². The molecule has 26 heavy (non-hydrogen) atoms. The van der Waals surface area contributed by atoms with Gasteiger partial charge in [0.2, 0.25) is 0 Å². The number of rotatable bonds is 6. The number of anilines is 1. The van der Waals surface area contributed by atoms with Crippen LogP contribution in [-0.4, -0.2) is 12.5 Å². The van der Waals surface area contributed by atoms with E-state index in [0.29, 0.717) is 34.2 Å². The van der Waals surface area contributed by atoms with Gasteiger partial charge in [-0.15, -0.1) is 0 Å². The lowest BCUT2D eigenvalue weighted by Crippen LogP contribution is -2.13. The molecule has 0 unspecified atom stereocenters. The van der Waals surface area contributed by atoms with Crippen LogP contribution in [0.25, 0.3) is 11.0 Å². The molecule has 0 atom stereocenters. The number of carbonyl (C=O) groups excluding carboxylic acids is 1. The number of carbonyl (C=O) groups is 1. The fourth-order valence-electron chi connectivity index (χ4n) is 2.82. The quantitative estimate of drug-likeness (QED) is 0.530. The van der Waals surface area contributed by atoms with Gasteiger partial charge in [-0.3, -0.25) is 4.79 Å². The van der Waals surface area contributed by atoms with E-state index in [-0.39, 0.29) is 5.91 Å². The van der Waals surface area contributed by atoms with Gasteiger partial charge in [0, 0.05) is 16.1 Å². The van der Waals surface area contributed by atoms with Crippen LogP contribution in [0.4, 0.5) is 5.69 Å². The molecule has 4 nitrogen and oxygen atoms in total. The number of amides is 1. The number of furan rings is 1. The molecule has 5 heteroatoms. The molecule has 0 fully saturated rings. The largest absolute Gasteiger partial charge is 0.494 e. The molecule has 2 aromatic carbocycles. The van der Waals surface area contributed by atoms with Crippen LogP contribution in [0.1, 0.15) is 41.4 Å². The van der Waals surface area contributed by atoms with Crippen molar-refractivity contribution in [1.82, 2.24) is 0 Å². The highest BCUT2D eigenvalue weighted by Gasteiger charge is 2.19. The molecule has 1 N–H and O–H groups in total. The average molecular weight is 372 g/mol. The van der Waals surface area contributed by atoms with Crippen molar-refractivity contribution in [3.05, 3.63) is 58.3 Å². The molecule has 1 aromatic heterocycles. The second kappa shape index (κ2) is 7.83. The van der Waals surface area contributed by atoms with Crippen molar-refractivity contribution in [3.8, 4) is 5.75 Å². The van der Waals surface area contributed by atoms with Gasteiger partial charge in [0.05, 0.1) is 12.2 Å². The summed E-state index contributed by atoms with van der Waals surface area (Å²) in [5.74, 6) is 1.08. The zero-order valence-electron chi connectivity index (χ0n) is 15.2. The van der Waals surface area contributed by atoms with Crippen LogP contribution in [0, 0.1) is 13.8 Å². The molecule has 1 heterocycles. The van der Waals surface area contributed by atoms with Gasteiger partial charge in [0.1, 0.15) is 17.1 Å². The standard InChI is InChI=1S/C21H22ClNO3/c1-4-5-10-25-16-8-9-19-17(12-16)20(14(3)26-19)21(24)23-18-11-15(22)7-6-13(18)2/h6-9,11-12H,4-5,10H2,1-3H3,(H,23,24). The van der Waals surface area contributed by atoms with Crippen LogP contribution in [0.3, 0.4) is 0 Å². The lowest BCUT2D eigenvalue weighted by atomic mass is 10.1. The van der Waals surface area contributed by atoms with Gasteiger partial charge in [0.25, 0.3) is 5.91 Å². The van der Waals surface area contributed by atoms with E-state index in [1.807, 2.05) is 31.2 Å². The highest BCUT2D eigenvalue weighted by Crippen LogP contribution is 2.30. The molecular formula is C21H22ClNO3. The fraction of sp³-hybridized carbons (Fsp3) is 0.286. The highest BCUT2D eigenvalue weighted by molar-refractivity contribution is 6.31. The molecule has 0 aliphatic carbocycles. The summed E-state index contributed by atoms with van der Waals surface area (Å²) in [5, 5.41) is 4.25. The number of benzene rings is 2. The third-order valence-corrected chi connectivity index (χ3v) is 4.51. The highest BCUT2D eigenvalue weighted by atomic mass is 35.5. The van der Waals surface area contributed by atoms with E-state index in [0.717, 1.165) is 29.5 Å². The normalized spacial score (nSPS) is 10.9. The van der Waals surface area contributed by atoms with E-state index in [9.17, 15) is 4.79 Å².